The Morgan fingerprint density at radius 3 is 2.83 bits per heavy atom. The Kier molecular flexibility index (Phi) is 4.02. The van der Waals surface area contributed by atoms with Crippen LogP contribution in [0.5, 0.6) is 0 Å². The molecular weight excluding hydrogens is 226 g/mol. The molecule has 1 fully saturated rings. The fraction of sp³-hybridized carbons (Fsp3) is 0.533. The fourth-order valence-electron chi connectivity index (χ4n) is 2.61. The third kappa shape index (κ3) is 2.72. The lowest BCUT2D eigenvalue weighted by molar-refractivity contribution is -0.122. The Labute approximate surface area is 108 Å². The summed E-state index contributed by atoms with van der Waals surface area (Å²) >= 11 is 0. The van der Waals surface area contributed by atoms with Crippen molar-refractivity contribution in [3.63, 3.8) is 0 Å². The number of carbonyl (C=O) groups is 1. The second kappa shape index (κ2) is 5.53. The molecule has 3 heteroatoms. The second-order valence-corrected chi connectivity index (χ2v) is 5.09. The zero-order valence-corrected chi connectivity index (χ0v) is 11.1. The van der Waals surface area contributed by atoms with Crippen molar-refractivity contribution in [1.29, 1.82) is 0 Å². The highest BCUT2D eigenvalue weighted by molar-refractivity contribution is 5.93. The van der Waals surface area contributed by atoms with E-state index in [0.29, 0.717) is 0 Å². The Hall–Kier alpha value is -1.35. The van der Waals surface area contributed by atoms with E-state index < -0.39 is 6.10 Å². The lowest BCUT2D eigenvalue weighted by Gasteiger charge is -2.15. The number of rotatable bonds is 3. The average Bonchev–Trinajstić information content (AvgIpc) is 2.78. The van der Waals surface area contributed by atoms with E-state index in [0.717, 1.165) is 31.4 Å². The van der Waals surface area contributed by atoms with Crippen molar-refractivity contribution in [2.45, 2.75) is 45.6 Å². The number of nitrogens with one attached hydrogen (secondary N) is 1. The first kappa shape index (κ1) is 13.1. The van der Waals surface area contributed by atoms with Crippen molar-refractivity contribution in [2.75, 3.05) is 5.32 Å². The third-order valence-electron chi connectivity index (χ3n) is 3.81. The molecule has 2 unspecified atom stereocenters. The molecule has 2 N–H and O–H groups in total. The summed E-state index contributed by atoms with van der Waals surface area (Å²) in [6.45, 7) is 4.18. The quantitative estimate of drug-likeness (QED) is 0.862. The Balaban J connectivity index is 2.07. The van der Waals surface area contributed by atoms with Crippen LogP contribution in [-0.4, -0.2) is 17.1 Å². The first-order chi connectivity index (χ1) is 8.61. The minimum atomic E-state index is -0.471. The molecule has 2 atom stereocenters. The van der Waals surface area contributed by atoms with Crippen LogP contribution in [0.2, 0.25) is 0 Å². The van der Waals surface area contributed by atoms with E-state index in [9.17, 15) is 9.90 Å². The highest BCUT2D eigenvalue weighted by Gasteiger charge is 2.31. The van der Waals surface area contributed by atoms with E-state index in [-0.39, 0.29) is 11.8 Å². The van der Waals surface area contributed by atoms with Gasteiger partial charge in [0.05, 0.1) is 12.0 Å². The van der Waals surface area contributed by atoms with Gasteiger partial charge in [0.1, 0.15) is 0 Å². The monoisotopic (exact) mass is 247 g/mol. The number of amides is 1. The van der Waals surface area contributed by atoms with Crippen LogP contribution in [0.4, 0.5) is 5.69 Å². The van der Waals surface area contributed by atoms with Crippen LogP contribution >= 0.6 is 0 Å². The molecule has 98 valence electrons. The molecule has 1 amide bonds. The molecule has 0 aromatic heterocycles. The van der Waals surface area contributed by atoms with Crippen molar-refractivity contribution in [3.05, 3.63) is 29.3 Å². The van der Waals surface area contributed by atoms with Crippen LogP contribution < -0.4 is 5.32 Å². The molecule has 0 saturated heterocycles. The van der Waals surface area contributed by atoms with Gasteiger partial charge in [-0.15, -0.1) is 0 Å². The van der Waals surface area contributed by atoms with E-state index >= 15 is 0 Å². The summed E-state index contributed by atoms with van der Waals surface area (Å²) in [5.41, 5.74) is 3.33. The topological polar surface area (TPSA) is 49.3 Å². The highest BCUT2D eigenvalue weighted by Crippen LogP contribution is 2.27. The van der Waals surface area contributed by atoms with Crippen molar-refractivity contribution < 1.29 is 9.90 Å². The minimum Gasteiger partial charge on any atom is -0.392 e. The number of hydrogen-bond acceptors (Lipinski definition) is 2. The van der Waals surface area contributed by atoms with Crippen molar-refractivity contribution in [1.82, 2.24) is 0 Å². The third-order valence-corrected chi connectivity index (χ3v) is 3.81. The maximum Gasteiger partial charge on any atom is 0.230 e. The number of aryl methyl sites for hydroxylation is 2. The normalized spacial score (nSPS) is 23.1. The van der Waals surface area contributed by atoms with E-state index in [1.165, 1.54) is 11.1 Å². The molecule has 1 saturated carbocycles. The molecule has 0 heterocycles. The van der Waals surface area contributed by atoms with Gasteiger partial charge >= 0.3 is 0 Å². The molecule has 0 bridgehead atoms. The molecule has 18 heavy (non-hydrogen) atoms. The predicted octanol–water partition coefficient (Wildman–Crippen LogP) is 2.66. The number of benzene rings is 1. The standard InChI is InChI=1S/C15H21NO2/c1-3-11-9-12(8-7-10(11)2)16-15(18)13-5-4-6-14(13)17/h7-9,13-14,17H,3-6H2,1-2H3,(H,16,18). The average molecular weight is 247 g/mol. The van der Waals surface area contributed by atoms with Gasteiger partial charge in [-0.05, 0) is 55.9 Å². The number of carbonyl (C=O) groups excluding carboxylic acids is 1. The van der Waals surface area contributed by atoms with E-state index in [4.69, 9.17) is 0 Å². The molecule has 1 aliphatic rings. The SMILES string of the molecule is CCc1cc(NC(=O)C2CCCC2O)ccc1C. The van der Waals surface area contributed by atoms with Gasteiger partial charge in [-0.25, -0.2) is 0 Å². The van der Waals surface area contributed by atoms with Gasteiger partial charge in [-0.3, -0.25) is 4.79 Å². The number of anilines is 1. The second-order valence-electron chi connectivity index (χ2n) is 5.09. The van der Waals surface area contributed by atoms with E-state index in [1.54, 1.807) is 0 Å². The molecule has 0 radical (unpaired) electrons. The van der Waals surface area contributed by atoms with Gasteiger partial charge in [0.2, 0.25) is 5.91 Å². The Morgan fingerprint density at radius 1 is 1.44 bits per heavy atom. The smallest absolute Gasteiger partial charge is 0.230 e. The molecule has 0 spiro atoms. The summed E-state index contributed by atoms with van der Waals surface area (Å²) in [5, 5.41) is 12.6. The lowest BCUT2D eigenvalue weighted by atomic mass is 10.0. The van der Waals surface area contributed by atoms with Crippen LogP contribution in [0.25, 0.3) is 0 Å². The molecule has 3 nitrogen and oxygen atoms in total. The molecule has 2 rings (SSSR count). The molecular formula is C15H21NO2. The van der Waals surface area contributed by atoms with E-state index in [1.807, 2.05) is 18.2 Å². The molecule has 1 aliphatic carbocycles. The van der Waals surface area contributed by atoms with Crippen LogP contribution in [-0.2, 0) is 11.2 Å². The van der Waals surface area contributed by atoms with Crippen LogP contribution in [0.1, 0.15) is 37.3 Å². The van der Waals surface area contributed by atoms with E-state index in [2.05, 4.69) is 19.2 Å². The zero-order valence-electron chi connectivity index (χ0n) is 11.1. The maximum atomic E-state index is 12.0. The highest BCUT2D eigenvalue weighted by atomic mass is 16.3. The predicted molar refractivity (Wildman–Crippen MR) is 72.5 cm³/mol. The molecule has 0 aliphatic heterocycles. The maximum absolute atomic E-state index is 12.0. The van der Waals surface area contributed by atoms with Gasteiger partial charge in [0, 0.05) is 5.69 Å². The first-order valence-corrected chi connectivity index (χ1v) is 6.70. The summed E-state index contributed by atoms with van der Waals surface area (Å²) in [4.78, 5) is 12.0. The van der Waals surface area contributed by atoms with Gasteiger partial charge in [0.15, 0.2) is 0 Å². The van der Waals surface area contributed by atoms with Crippen molar-refractivity contribution >= 4 is 11.6 Å². The number of aliphatic hydroxyl groups is 1. The Morgan fingerprint density at radius 2 is 2.22 bits per heavy atom. The number of hydrogen-bond donors (Lipinski definition) is 2. The first-order valence-electron chi connectivity index (χ1n) is 6.70. The van der Waals surface area contributed by atoms with Gasteiger partial charge < -0.3 is 10.4 Å². The van der Waals surface area contributed by atoms with Crippen molar-refractivity contribution in [2.24, 2.45) is 5.92 Å². The molecule has 1 aromatic carbocycles. The summed E-state index contributed by atoms with van der Waals surface area (Å²) in [6, 6.07) is 5.97. The summed E-state index contributed by atoms with van der Waals surface area (Å²) in [5.74, 6) is -0.290. The molecule has 1 aromatic rings. The van der Waals surface area contributed by atoms with Crippen LogP contribution in [0.3, 0.4) is 0 Å². The van der Waals surface area contributed by atoms with Gasteiger partial charge in [-0.2, -0.15) is 0 Å². The van der Waals surface area contributed by atoms with Crippen LogP contribution in [0, 0.1) is 12.8 Å². The summed E-state index contributed by atoms with van der Waals surface area (Å²) in [6.07, 6.45) is 2.96. The van der Waals surface area contributed by atoms with Gasteiger partial charge in [-0.1, -0.05) is 13.0 Å². The van der Waals surface area contributed by atoms with Gasteiger partial charge in [0.25, 0.3) is 0 Å². The largest absolute Gasteiger partial charge is 0.392 e. The summed E-state index contributed by atoms with van der Waals surface area (Å²) < 4.78 is 0. The lowest BCUT2D eigenvalue weighted by Crippen LogP contribution is -2.28. The van der Waals surface area contributed by atoms with Crippen molar-refractivity contribution in [3.8, 4) is 0 Å². The summed E-state index contributed by atoms with van der Waals surface area (Å²) in [7, 11) is 0. The number of aliphatic hydroxyl groups excluding tert-OH is 1. The zero-order chi connectivity index (χ0) is 13.1. The Bertz CT molecular complexity index is 442. The fourth-order valence-corrected chi connectivity index (χ4v) is 2.61. The van der Waals surface area contributed by atoms with Crippen LogP contribution in [0.15, 0.2) is 18.2 Å². The minimum absolute atomic E-state index is 0.0501.